The molecule has 0 aromatic rings. The molecule has 0 aromatic carbocycles. The summed E-state index contributed by atoms with van der Waals surface area (Å²) in [6.07, 6.45) is 1.81. The van der Waals surface area contributed by atoms with E-state index in [9.17, 15) is 4.79 Å². The molecule has 0 bridgehead atoms. The van der Waals surface area contributed by atoms with Crippen LogP contribution in [-0.4, -0.2) is 42.1 Å². The highest BCUT2D eigenvalue weighted by molar-refractivity contribution is 5.82. The van der Waals surface area contributed by atoms with E-state index < -0.39 is 0 Å². The molecule has 0 spiro atoms. The second kappa shape index (κ2) is 5.47. The number of carbonyl (C=O) groups excluding carboxylic acids is 1. The Morgan fingerprint density at radius 3 is 2.87 bits per heavy atom. The van der Waals surface area contributed by atoms with Crippen LogP contribution in [0.15, 0.2) is 0 Å². The standard InChI is InChI=1S/C11H22N2O2/c1-4-5-10(12)11(14)13-6-7-15-9(3)8(13)2/h8-10H,4-7,12H2,1-3H3/t8-,9+,10-/m0/s1. The van der Waals surface area contributed by atoms with Crippen molar-refractivity contribution in [1.82, 2.24) is 4.90 Å². The normalized spacial score (nSPS) is 28.9. The van der Waals surface area contributed by atoms with Crippen molar-refractivity contribution in [3.05, 3.63) is 0 Å². The number of hydrogen-bond acceptors (Lipinski definition) is 3. The summed E-state index contributed by atoms with van der Waals surface area (Å²) >= 11 is 0. The van der Waals surface area contributed by atoms with Gasteiger partial charge in [-0.3, -0.25) is 4.79 Å². The van der Waals surface area contributed by atoms with Crippen LogP contribution in [0.25, 0.3) is 0 Å². The SMILES string of the molecule is CCC[C@H](N)C(=O)N1CCO[C@H](C)[C@@H]1C. The summed E-state index contributed by atoms with van der Waals surface area (Å²) in [5.74, 6) is 0.0690. The molecule has 15 heavy (non-hydrogen) atoms. The number of carbonyl (C=O) groups is 1. The van der Waals surface area contributed by atoms with E-state index in [1.165, 1.54) is 0 Å². The molecule has 0 aliphatic carbocycles. The van der Waals surface area contributed by atoms with Crippen LogP contribution in [0, 0.1) is 0 Å². The highest BCUT2D eigenvalue weighted by atomic mass is 16.5. The molecule has 1 rings (SSSR count). The highest BCUT2D eigenvalue weighted by Gasteiger charge is 2.31. The van der Waals surface area contributed by atoms with Gasteiger partial charge in [-0.2, -0.15) is 0 Å². The summed E-state index contributed by atoms with van der Waals surface area (Å²) in [7, 11) is 0. The zero-order valence-corrected chi connectivity index (χ0v) is 9.90. The van der Waals surface area contributed by atoms with Crippen LogP contribution in [0.5, 0.6) is 0 Å². The molecule has 0 unspecified atom stereocenters. The fraction of sp³-hybridized carbons (Fsp3) is 0.909. The zero-order chi connectivity index (χ0) is 11.4. The molecule has 1 heterocycles. The van der Waals surface area contributed by atoms with Gasteiger partial charge in [0, 0.05) is 6.54 Å². The first-order valence-corrected chi connectivity index (χ1v) is 5.75. The summed E-state index contributed by atoms with van der Waals surface area (Å²) < 4.78 is 5.48. The zero-order valence-electron chi connectivity index (χ0n) is 9.90. The second-order valence-electron chi connectivity index (χ2n) is 4.24. The molecule has 0 aromatic heterocycles. The average molecular weight is 214 g/mol. The molecule has 4 nitrogen and oxygen atoms in total. The fourth-order valence-electron chi connectivity index (χ4n) is 1.89. The van der Waals surface area contributed by atoms with Gasteiger partial charge in [-0.25, -0.2) is 0 Å². The predicted molar refractivity (Wildman–Crippen MR) is 59.5 cm³/mol. The molecular formula is C11H22N2O2. The minimum atomic E-state index is -0.345. The number of ether oxygens (including phenoxy) is 1. The molecule has 0 saturated carbocycles. The van der Waals surface area contributed by atoms with Gasteiger partial charge in [0.25, 0.3) is 0 Å². The third-order valence-electron chi connectivity index (χ3n) is 3.08. The topological polar surface area (TPSA) is 55.6 Å². The van der Waals surface area contributed by atoms with Crippen molar-refractivity contribution in [2.75, 3.05) is 13.2 Å². The van der Waals surface area contributed by atoms with Crippen molar-refractivity contribution >= 4 is 5.91 Å². The predicted octanol–water partition coefficient (Wildman–Crippen LogP) is 0.750. The van der Waals surface area contributed by atoms with Crippen molar-refractivity contribution in [1.29, 1.82) is 0 Å². The van der Waals surface area contributed by atoms with Crippen LogP contribution in [0.3, 0.4) is 0 Å². The Kier molecular flexibility index (Phi) is 4.54. The first-order chi connectivity index (χ1) is 7.07. The lowest BCUT2D eigenvalue weighted by molar-refractivity contribution is -0.145. The molecule has 2 N–H and O–H groups in total. The molecule has 1 aliphatic rings. The van der Waals surface area contributed by atoms with E-state index in [1.54, 1.807) is 0 Å². The highest BCUT2D eigenvalue weighted by Crippen LogP contribution is 2.15. The molecule has 1 amide bonds. The van der Waals surface area contributed by atoms with E-state index in [0.717, 1.165) is 12.8 Å². The van der Waals surface area contributed by atoms with Crippen molar-refractivity contribution < 1.29 is 9.53 Å². The van der Waals surface area contributed by atoms with Crippen LogP contribution < -0.4 is 5.73 Å². The van der Waals surface area contributed by atoms with E-state index in [0.29, 0.717) is 13.2 Å². The molecule has 3 atom stereocenters. The van der Waals surface area contributed by atoms with Crippen LogP contribution in [-0.2, 0) is 9.53 Å². The Morgan fingerprint density at radius 2 is 2.27 bits per heavy atom. The Bertz CT molecular complexity index is 221. The molecular weight excluding hydrogens is 192 g/mol. The van der Waals surface area contributed by atoms with E-state index in [2.05, 4.69) is 0 Å². The fourth-order valence-corrected chi connectivity index (χ4v) is 1.89. The summed E-state index contributed by atoms with van der Waals surface area (Å²) in [6.45, 7) is 7.34. The largest absolute Gasteiger partial charge is 0.375 e. The molecule has 1 aliphatic heterocycles. The molecule has 4 heteroatoms. The van der Waals surface area contributed by atoms with Crippen molar-refractivity contribution in [3.8, 4) is 0 Å². The lowest BCUT2D eigenvalue weighted by atomic mass is 10.1. The van der Waals surface area contributed by atoms with Crippen LogP contribution in [0.1, 0.15) is 33.6 Å². The maximum absolute atomic E-state index is 12.0. The quantitative estimate of drug-likeness (QED) is 0.754. The third-order valence-corrected chi connectivity index (χ3v) is 3.08. The maximum atomic E-state index is 12.0. The molecule has 88 valence electrons. The number of hydrogen-bond donors (Lipinski definition) is 1. The number of rotatable bonds is 3. The number of amides is 1. The van der Waals surface area contributed by atoms with Crippen molar-refractivity contribution in [3.63, 3.8) is 0 Å². The van der Waals surface area contributed by atoms with Gasteiger partial charge in [-0.15, -0.1) is 0 Å². The van der Waals surface area contributed by atoms with Gasteiger partial charge in [0.2, 0.25) is 5.91 Å². The monoisotopic (exact) mass is 214 g/mol. The lowest BCUT2D eigenvalue weighted by Gasteiger charge is -2.39. The number of nitrogens with two attached hydrogens (primary N) is 1. The van der Waals surface area contributed by atoms with Gasteiger partial charge >= 0.3 is 0 Å². The lowest BCUT2D eigenvalue weighted by Crippen LogP contribution is -2.55. The first kappa shape index (κ1) is 12.5. The minimum absolute atomic E-state index is 0.0690. The molecule has 1 saturated heterocycles. The first-order valence-electron chi connectivity index (χ1n) is 5.75. The van der Waals surface area contributed by atoms with Gasteiger partial charge < -0.3 is 15.4 Å². The Balaban J connectivity index is 2.57. The molecule has 1 fully saturated rings. The van der Waals surface area contributed by atoms with E-state index >= 15 is 0 Å². The van der Waals surface area contributed by atoms with Gasteiger partial charge in [0.1, 0.15) is 0 Å². The molecule has 0 radical (unpaired) electrons. The average Bonchev–Trinajstić information content (AvgIpc) is 2.21. The van der Waals surface area contributed by atoms with Gasteiger partial charge in [-0.1, -0.05) is 13.3 Å². The Labute approximate surface area is 91.8 Å². The summed E-state index contributed by atoms with van der Waals surface area (Å²) in [5, 5.41) is 0. The number of nitrogens with zero attached hydrogens (tertiary/aromatic N) is 1. The minimum Gasteiger partial charge on any atom is -0.375 e. The van der Waals surface area contributed by atoms with Crippen LogP contribution in [0.2, 0.25) is 0 Å². The van der Waals surface area contributed by atoms with Crippen molar-refractivity contribution in [2.24, 2.45) is 5.73 Å². The number of morpholine rings is 1. The Morgan fingerprint density at radius 1 is 1.60 bits per heavy atom. The Hall–Kier alpha value is -0.610. The van der Waals surface area contributed by atoms with Gasteiger partial charge in [0.05, 0.1) is 24.8 Å². The summed E-state index contributed by atoms with van der Waals surface area (Å²) in [4.78, 5) is 13.8. The smallest absolute Gasteiger partial charge is 0.239 e. The summed E-state index contributed by atoms with van der Waals surface area (Å²) in [5.41, 5.74) is 5.83. The van der Waals surface area contributed by atoms with Crippen molar-refractivity contribution in [2.45, 2.75) is 51.8 Å². The van der Waals surface area contributed by atoms with Gasteiger partial charge in [0.15, 0.2) is 0 Å². The summed E-state index contributed by atoms with van der Waals surface area (Å²) in [6, 6.07) is -0.211. The van der Waals surface area contributed by atoms with Crippen LogP contribution >= 0.6 is 0 Å². The second-order valence-corrected chi connectivity index (χ2v) is 4.24. The van der Waals surface area contributed by atoms with Gasteiger partial charge in [-0.05, 0) is 20.3 Å². The maximum Gasteiger partial charge on any atom is 0.239 e. The third kappa shape index (κ3) is 2.92. The van der Waals surface area contributed by atoms with Crippen LogP contribution in [0.4, 0.5) is 0 Å². The van der Waals surface area contributed by atoms with E-state index in [4.69, 9.17) is 10.5 Å². The van der Waals surface area contributed by atoms with E-state index in [1.807, 2.05) is 25.7 Å². The van der Waals surface area contributed by atoms with E-state index in [-0.39, 0.29) is 24.1 Å².